The largest absolute Gasteiger partial charge is 0.394 e. The van der Waals surface area contributed by atoms with Crippen LogP contribution in [-0.2, 0) is 33.2 Å². The number of hydrogen-bond acceptors (Lipinski definition) is 18. The Labute approximate surface area is 549 Å². The third kappa shape index (κ3) is 34.4. The minimum Gasteiger partial charge on any atom is -0.394 e. The van der Waals surface area contributed by atoms with Crippen LogP contribution >= 0.6 is 0 Å². The Kier molecular flexibility index (Phi) is 47.1. The molecule has 3 aliphatic heterocycles. The summed E-state index contributed by atoms with van der Waals surface area (Å²) in [4.78, 5) is 13.3. The third-order valence-corrected chi connectivity index (χ3v) is 15.9. The molecule has 0 aromatic rings. The summed E-state index contributed by atoms with van der Waals surface area (Å²) in [6.45, 7) is 1.52. The van der Waals surface area contributed by atoms with E-state index in [1.807, 2.05) is 6.08 Å². The molecule has 17 unspecified atom stereocenters. The second-order valence-corrected chi connectivity index (χ2v) is 23.6. The van der Waals surface area contributed by atoms with Crippen LogP contribution < -0.4 is 5.32 Å². The van der Waals surface area contributed by atoms with Crippen molar-refractivity contribution in [2.75, 3.05) is 26.4 Å². The molecule has 0 radical (unpaired) electrons. The summed E-state index contributed by atoms with van der Waals surface area (Å²) in [6.07, 6.45) is 48.5. The fourth-order valence-electron chi connectivity index (χ4n) is 10.4. The predicted molar refractivity (Wildman–Crippen MR) is 359 cm³/mol. The molecule has 0 saturated carbocycles. The fraction of sp³-hybridized carbons (Fsp3) is 0.658. The van der Waals surface area contributed by atoms with Gasteiger partial charge in [0.2, 0.25) is 5.91 Å². The van der Waals surface area contributed by atoms with Gasteiger partial charge < -0.3 is 89.9 Å². The van der Waals surface area contributed by atoms with Gasteiger partial charge in [0.1, 0.15) is 73.2 Å². The topological polar surface area (TPSA) is 307 Å². The maximum Gasteiger partial charge on any atom is 0.220 e. The van der Waals surface area contributed by atoms with E-state index in [9.17, 15) is 61.0 Å². The van der Waals surface area contributed by atoms with Crippen LogP contribution in [0.3, 0.4) is 0 Å². The summed E-state index contributed by atoms with van der Waals surface area (Å²) in [7, 11) is 0. The van der Waals surface area contributed by atoms with Crippen molar-refractivity contribution in [1.29, 1.82) is 0 Å². The Morgan fingerprint density at radius 3 is 1.17 bits per heavy atom. The molecule has 3 fully saturated rings. The summed E-state index contributed by atoms with van der Waals surface area (Å²) in [5, 5.41) is 120. The van der Waals surface area contributed by atoms with Crippen LogP contribution in [0.25, 0.3) is 0 Å². The van der Waals surface area contributed by atoms with Crippen molar-refractivity contribution < 1.29 is 89.4 Å². The second-order valence-electron chi connectivity index (χ2n) is 23.6. The van der Waals surface area contributed by atoms with Gasteiger partial charge in [-0.1, -0.05) is 211 Å². The Balaban J connectivity index is 1.37. The van der Waals surface area contributed by atoms with E-state index in [4.69, 9.17) is 28.4 Å². The van der Waals surface area contributed by atoms with Gasteiger partial charge in [-0.15, -0.1) is 0 Å². The molecule has 17 atom stereocenters. The first kappa shape index (κ1) is 81.9. The van der Waals surface area contributed by atoms with Crippen molar-refractivity contribution in [2.45, 2.75) is 279 Å². The number of carbonyl (C=O) groups excluding carboxylic acids is 1. The minimum absolute atomic E-state index is 0.193. The fourth-order valence-corrected chi connectivity index (χ4v) is 10.4. The van der Waals surface area contributed by atoms with Crippen molar-refractivity contribution in [1.82, 2.24) is 5.32 Å². The van der Waals surface area contributed by atoms with Crippen LogP contribution in [-0.4, -0.2) is 193 Å². The molecular formula is C73H117NO18. The van der Waals surface area contributed by atoms with Gasteiger partial charge in [0.25, 0.3) is 0 Å². The number of nitrogens with one attached hydrogen (secondary N) is 1. The molecule has 12 N–H and O–H groups in total. The number of hydrogen-bond donors (Lipinski definition) is 12. The first-order valence-corrected chi connectivity index (χ1v) is 34.1. The molecule has 0 bridgehead atoms. The lowest BCUT2D eigenvalue weighted by Crippen LogP contribution is -2.66. The predicted octanol–water partition coefficient (Wildman–Crippen LogP) is 8.76. The van der Waals surface area contributed by atoms with E-state index >= 15 is 0 Å². The molecule has 92 heavy (non-hydrogen) atoms. The van der Waals surface area contributed by atoms with Crippen LogP contribution in [0.4, 0.5) is 0 Å². The summed E-state index contributed by atoms with van der Waals surface area (Å²) >= 11 is 0. The third-order valence-electron chi connectivity index (χ3n) is 15.9. The van der Waals surface area contributed by atoms with E-state index in [1.54, 1.807) is 6.08 Å². The lowest BCUT2D eigenvalue weighted by atomic mass is 9.96. The molecule has 0 aromatic heterocycles. The van der Waals surface area contributed by atoms with Gasteiger partial charge in [0.15, 0.2) is 18.9 Å². The van der Waals surface area contributed by atoms with Crippen molar-refractivity contribution in [2.24, 2.45) is 0 Å². The van der Waals surface area contributed by atoms with Crippen molar-refractivity contribution in [3.63, 3.8) is 0 Å². The van der Waals surface area contributed by atoms with E-state index in [2.05, 4.69) is 153 Å². The summed E-state index contributed by atoms with van der Waals surface area (Å²) in [5.41, 5.74) is 0. The highest BCUT2D eigenvalue weighted by Crippen LogP contribution is 2.33. The van der Waals surface area contributed by atoms with Crippen molar-refractivity contribution in [3.05, 3.63) is 146 Å². The normalized spacial score (nSPS) is 28.6. The molecule has 0 aliphatic carbocycles. The van der Waals surface area contributed by atoms with Crippen molar-refractivity contribution >= 4 is 5.91 Å². The Bertz CT molecular complexity index is 2240. The highest BCUT2D eigenvalue weighted by atomic mass is 16.8. The number of ether oxygens (including phenoxy) is 6. The molecular weight excluding hydrogens is 1180 g/mol. The molecule has 3 rings (SSSR count). The summed E-state index contributed by atoms with van der Waals surface area (Å²) in [5.74, 6) is -0.317. The van der Waals surface area contributed by atoms with Gasteiger partial charge in [-0.2, -0.15) is 0 Å². The van der Waals surface area contributed by atoms with E-state index in [-0.39, 0.29) is 18.9 Å². The minimum atomic E-state index is -1.99. The quantitative estimate of drug-likeness (QED) is 0.0200. The molecule has 19 nitrogen and oxygen atoms in total. The zero-order valence-corrected chi connectivity index (χ0v) is 55.0. The molecule has 19 heteroatoms. The molecule has 0 spiro atoms. The summed E-state index contributed by atoms with van der Waals surface area (Å²) in [6, 6.07) is -1.00. The highest BCUT2D eigenvalue weighted by Gasteiger charge is 2.53. The second kappa shape index (κ2) is 52.9. The van der Waals surface area contributed by atoms with Gasteiger partial charge in [-0.25, -0.2) is 0 Å². The first-order valence-electron chi connectivity index (χ1n) is 34.1. The smallest absolute Gasteiger partial charge is 0.220 e. The first-order chi connectivity index (χ1) is 44.8. The van der Waals surface area contributed by atoms with Crippen LogP contribution in [0.1, 0.15) is 174 Å². The van der Waals surface area contributed by atoms with Gasteiger partial charge >= 0.3 is 0 Å². The lowest BCUT2D eigenvalue weighted by Gasteiger charge is -2.48. The standard InChI is InChI=1S/C73H117NO18/c1-3-5-7-9-11-13-15-16-17-18-19-20-21-22-23-24-25-26-27-28-29-30-31-32-33-34-35-36-37-38-39-40-41-43-45-47-49-51-61(79)74-56(57(78)50-48-46-44-42-14-12-10-8-6-4-2)55-87-71-67(85)64(82)69(59(53-76)89-71)92-73-68(86)65(83)70(60(54-77)90-73)91-72-66(84)63(81)62(80)58(52-75)88-72/h5,7,11,13,16-17,19-20,22-23,25-26,28-29,31-32,34-35,37-38,40-41,48,50,56-60,62-73,75-78,80-86H,3-4,6,8-10,12,14-15,18,21,24,27,30,33,36,39,42-47,49,51-55H2,1-2H3,(H,74,79)/b7-5-,13-11-,17-16-,20-19-,23-22-,26-25-,29-28-,32-31-,35-34-,38-37-,41-40-,50-48+. The maximum absolute atomic E-state index is 13.3. The van der Waals surface area contributed by atoms with Gasteiger partial charge in [0, 0.05) is 6.42 Å². The number of carbonyl (C=O) groups is 1. The van der Waals surface area contributed by atoms with Crippen LogP contribution in [0.15, 0.2) is 146 Å². The van der Waals surface area contributed by atoms with E-state index in [0.29, 0.717) is 6.42 Å². The molecule has 0 aromatic carbocycles. The van der Waals surface area contributed by atoms with E-state index < -0.39 is 124 Å². The zero-order valence-electron chi connectivity index (χ0n) is 55.0. The Morgan fingerprint density at radius 2 is 0.750 bits per heavy atom. The molecule has 522 valence electrons. The van der Waals surface area contributed by atoms with Gasteiger partial charge in [-0.3, -0.25) is 4.79 Å². The average molecular weight is 1300 g/mol. The SMILES string of the molecule is CC/C=C\C/C=C\C/C=C\C/C=C\C/C=C\C/C=C\C/C=C\C/C=C\C/C=C\C/C=C\C/C=C\CCCCCC(=O)NC(COC1OC(CO)C(OC2OC(CO)C(OC3OC(CO)C(O)C(O)C3O)C(O)C2O)C(O)C1O)C(O)/C=C/CCCCCCCCCC. The Morgan fingerprint density at radius 1 is 0.402 bits per heavy atom. The Hall–Kier alpha value is -4.33. The van der Waals surface area contributed by atoms with Crippen LogP contribution in [0.5, 0.6) is 0 Å². The zero-order chi connectivity index (χ0) is 66.8. The van der Waals surface area contributed by atoms with Crippen LogP contribution in [0, 0.1) is 0 Å². The molecule has 3 aliphatic rings. The summed E-state index contributed by atoms with van der Waals surface area (Å²) < 4.78 is 34.2. The van der Waals surface area contributed by atoms with E-state index in [1.165, 1.54) is 32.1 Å². The average Bonchev–Trinajstić information content (AvgIpc) is 0.799. The molecule has 1 amide bonds. The van der Waals surface area contributed by atoms with Gasteiger partial charge in [0.05, 0.1) is 38.6 Å². The number of unbranched alkanes of at least 4 members (excludes halogenated alkanes) is 11. The number of rotatable bonds is 49. The monoisotopic (exact) mass is 1300 g/mol. The number of allylic oxidation sites excluding steroid dienone is 23. The molecule has 3 heterocycles. The lowest BCUT2D eigenvalue weighted by molar-refractivity contribution is -0.379. The number of aliphatic hydroxyl groups is 11. The maximum atomic E-state index is 13.3. The van der Waals surface area contributed by atoms with Gasteiger partial charge in [-0.05, 0) is 103 Å². The molecule has 3 saturated heterocycles. The number of aliphatic hydroxyl groups excluding tert-OH is 11. The van der Waals surface area contributed by atoms with Crippen molar-refractivity contribution in [3.8, 4) is 0 Å². The number of amides is 1. The van der Waals surface area contributed by atoms with Crippen LogP contribution in [0.2, 0.25) is 0 Å². The highest BCUT2D eigenvalue weighted by molar-refractivity contribution is 5.76. The van der Waals surface area contributed by atoms with E-state index in [0.717, 1.165) is 116 Å².